The van der Waals surface area contributed by atoms with E-state index in [1.165, 1.54) is 22.3 Å². The van der Waals surface area contributed by atoms with Gasteiger partial charge in [0.05, 0.1) is 4.87 Å². The number of halogens is 1. The van der Waals surface area contributed by atoms with Crippen LogP contribution in [0.1, 0.15) is 36.3 Å². The second-order valence-corrected chi connectivity index (χ2v) is 6.11. The molecule has 2 atom stereocenters. The summed E-state index contributed by atoms with van der Waals surface area (Å²) in [6.45, 7) is 2.20. The Morgan fingerprint density at radius 1 is 0.889 bits per heavy atom. The van der Waals surface area contributed by atoms with Gasteiger partial charge in [0.25, 0.3) is 0 Å². The van der Waals surface area contributed by atoms with Crippen LogP contribution in [0.3, 0.4) is 0 Å². The molecule has 0 aliphatic heterocycles. The van der Waals surface area contributed by atoms with E-state index in [0.717, 1.165) is 6.42 Å². The fourth-order valence-electron chi connectivity index (χ4n) is 3.75. The lowest BCUT2D eigenvalue weighted by Gasteiger charge is -2.18. The maximum atomic E-state index is 6.86. The molecule has 0 spiro atoms. The summed E-state index contributed by atoms with van der Waals surface area (Å²) in [5.74, 6) is 1.02. The van der Waals surface area contributed by atoms with E-state index in [0.29, 0.717) is 11.8 Å². The maximum Gasteiger partial charge on any atom is 0.0594 e. The highest BCUT2D eigenvalue weighted by Gasteiger charge is 2.65. The van der Waals surface area contributed by atoms with E-state index in [2.05, 4.69) is 55.5 Å². The molecule has 0 saturated heterocycles. The van der Waals surface area contributed by atoms with Crippen molar-refractivity contribution >= 4 is 11.6 Å². The first-order chi connectivity index (χ1) is 8.77. The summed E-state index contributed by atoms with van der Waals surface area (Å²) in [6.07, 6.45) is 1.03. The topological polar surface area (TPSA) is 0 Å². The highest BCUT2D eigenvalue weighted by Crippen LogP contribution is 2.73. The molecule has 0 nitrogen and oxygen atoms in total. The highest BCUT2D eigenvalue weighted by molar-refractivity contribution is 6.28. The number of alkyl halides is 1. The summed E-state index contributed by atoms with van der Waals surface area (Å²) in [7, 11) is 0. The molecule has 0 radical (unpaired) electrons. The second-order valence-electron chi connectivity index (χ2n) is 5.41. The van der Waals surface area contributed by atoms with Gasteiger partial charge in [0.15, 0.2) is 0 Å². The third-order valence-corrected chi connectivity index (χ3v) is 5.42. The Labute approximate surface area is 113 Å². The van der Waals surface area contributed by atoms with Gasteiger partial charge in [0.1, 0.15) is 0 Å². The van der Waals surface area contributed by atoms with Gasteiger partial charge in [-0.3, -0.25) is 0 Å². The van der Waals surface area contributed by atoms with Crippen molar-refractivity contribution in [2.45, 2.75) is 30.1 Å². The minimum absolute atomic E-state index is 0.0529. The van der Waals surface area contributed by atoms with Gasteiger partial charge in [-0.05, 0) is 28.7 Å². The van der Waals surface area contributed by atoms with Crippen LogP contribution in [0, 0.1) is 0 Å². The third kappa shape index (κ3) is 1.12. The van der Waals surface area contributed by atoms with Crippen LogP contribution < -0.4 is 0 Å². The van der Waals surface area contributed by atoms with Crippen molar-refractivity contribution in [2.24, 2.45) is 0 Å². The molecule has 4 rings (SSSR count). The lowest BCUT2D eigenvalue weighted by Crippen LogP contribution is -1.99. The van der Waals surface area contributed by atoms with E-state index in [4.69, 9.17) is 11.6 Å². The Hall–Kier alpha value is -1.27. The Balaban J connectivity index is 2.03. The van der Waals surface area contributed by atoms with E-state index < -0.39 is 0 Å². The standard InChI is InChI=1S/C17H15Cl/c1-2-17(18)15-13-9-5-3-7-11(13)12-8-4-6-10-14(12)16(15)17/h3-10,15-16H,2H2,1H3. The quantitative estimate of drug-likeness (QED) is 0.633. The minimum Gasteiger partial charge on any atom is -0.118 e. The van der Waals surface area contributed by atoms with E-state index in [1.807, 2.05) is 0 Å². The zero-order valence-electron chi connectivity index (χ0n) is 10.4. The highest BCUT2D eigenvalue weighted by atomic mass is 35.5. The molecule has 2 aromatic carbocycles. The molecule has 0 bridgehead atoms. The third-order valence-electron chi connectivity index (χ3n) is 4.68. The lowest BCUT2D eigenvalue weighted by atomic mass is 9.86. The largest absolute Gasteiger partial charge is 0.118 e. The van der Waals surface area contributed by atoms with Crippen molar-refractivity contribution in [2.75, 3.05) is 0 Å². The van der Waals surface area contributed by atoms with Crippen molar-refractivity contribution in [3.63, 3.8) is 0 Å². The smallest absolute Gasteiger partial charge is 0.0594 e. The number of fused-ring (bicyclic) bond motifs is 6. The number of hydrogen-bond donors (Lipinski definition) is 0. The predicted molar refractivity (Wildman–Crippen MR) is 76.2 cm³/mol. The van der Waals surface area contributed by atoms with Crippen molar-refractivity contribution in [3.8, 4) is 11.1 Å². The van der Waals surface area contributed by atoms with Gasteiger partial charge in [-0.15, -0.1) is 11.6 Å². The van der Waals surface area contributed by atoms with Crippen LogP contribution in [-0.4, -0.2) is 4.87 Å². The fraction of sp³-hybridized carbons (Fsp3) is 0.294. The average Bonchev–Trinajstić information content (AvgIpc) is 3.07. The Kier molecular flexibility index (Phi) is 2.00. The van der Waals surface area contributed by atoms with Crippen molar-refractivity contribution in [3.05, 3.63) is 59.7 Å². The van der Waals surface area contributed by atoms with Gasteiger partial charge in [-0.2, -0.15) is 0 Å². The minimum atomic E-state index is -0.0529. The molecule has 2 aliphatic carbocycles. The van der Waals surface area contributed by atoms with Crippen LogP contribution in [0.2, 0.25) is 0 Å². The first kappa shape index (κ1) is 10.6. The molecule has 18 heavy (non-hydrogen) atoms. The molecule has 1 heteroatoms. The summed E-state index contributed by atoms with van der Waals surface area (Å²) in [4.78, 5) is -0.0529. The molecule has 0 amide bonds. The summed E-state index contributed by atoms with van der Waals surface area (Å²) in [5, 5.41) is 0. The van der Waals surface area contributed by atoms with Gasteiger partial charge >= 0.3 is 0 Å². The van der Waals surface area contributed by atoms with Gasteiger partial charge in [-0.25, -0.2) is 0 Å². The van der Waals surface area contributed by atoms with Gasteiger partial charge in [0.2, 0.25) is 0 Å². The summed E-state index contributed by atoms with van der Waals surface area (Å²) >= 11 is 6.86. The fourth-order valence-corrected chi connectivity index (χ4v) is 4.18. The van der Waals surface area contributed by atoms with Crippen LogP contribution >= 0.6 is 11.6 Å². The molecular weight excluding hydrogens is 240 g/mol. The molecule has 2 unspecified atom stereocenters. The van der Waals surface area contributed by atoms with E-state index in [1.54, 1.807) is 0 Å². The summed E-state index contributed by atoms with van der Waals surface area (Å²) in [6, 6.07) is 17.5. The van der Waals surface area contributed by atoms with Crippen LogP contribution in [0.4, 0.5) is 0 Å². The Morgan fingerprint density at radius 2 is 1.33 bits per heavy atom. The number of benzene rings is 2. The van der Waals surface area contributed by atoms with Crippen LogP contribution in [0.5, 0.6) is 0 Å². The first-order valence-electron chi connectivity index (χ1n) is 6.64. The van der Waals surface area contributed by atoms with Crippen LogP contribution in [-0.2, 0) is 0 Å². The lowest BCUT2D eigenvalue weighted by molar-refractivity contribution is 0.793. The normalized spacial score (nSPS) is 31.2. The van der Waals surface area contributed by atoms with E-state index in [-0.39, 0.29) is 4.87 Å². The van der Waals surface area contributed by atoms with Gasteiger partial charge in [-0.1, -0.05) is 55.5 Å². The predicted octanol–water partition coefficient (Wildman–Crippen LogP) is 4.94. The Morgan fingerprint density at radius 3 is 1.78 bits per heavy atom. The van der Waals surface area contributed by atoms with E-state index >= 15 is 0 Å². The van der Waals surface area contributed by atoms with Crippen LogP contribution in [0.25, 0.3) is 11.1 Å². The van der Waals surface area contributed by atoms with Gasteiger partial charge < -0.3 is 0 Å². The molecular formula is C17H15Cl. The average molecular weight is 255 g/mol. The first-order valence-corrected chi connectivity index (χ1v) is 7.02. The zero-order chi connectivity index (χ0) is 12.3. The van der Waals surface area contributed by atoms with Crippen molar-refractivity contribution < 1.29 is 0 Å². The van der Waals surface area contributed by atoms with Crippen LogP contribution in [0.15, 0.2) is 48.5 Å². The molecule has 0 aromatic heterocycles. The molecule has 1 fully saturated rings. The SMILES string of the molecule is CCC1(Cl)C2c3ccccc3-c3ccccc3C21. The van der Waals surface area contributed by atoms with Crippen molar-refractivity contribution in [1.29, 1.82) is 0 Å². The number of hydrogen-bond acceptors (Lipinski definition) is 0. The monoisotopic (exact) mass is 254 g/mol. The summed E-state index contributed by atoms with van der Waals surface area (Å²) in [5.41, 5.74) is 5.65. The Bertz CT molecular complexity index is 578. The molecule has 0 N–H and O–H groups in total. The van der Waals surface area contributed by atoms with E-state index in [9.17, 15) is 0 Å². The second kappa shape index (κ2) is 3.39. The zero-order valence-corrected chi connectivity index (χ0v) is 11.1. The van der Waals surface area contributed by atoms with Crippen molar-refractivity contribution in [1.82, 2.24) is 0 Å². The molecule has 1 saturated carbocycles. The number of rotatable bonds is 1. The molecule has 2 aliphatic rings. The summed E-state index contributed by atoms with van der Waals surface area (Å²) < 4.78 is 0. The molecule has 90 valence electrons. The van der Waals surface area contributed by atoms with Gasteiger partial charge in [0, 0.05) is 11.8 Å². The maximum absolute atomic E-state index is 6.86. The molecule has 2 aromatic rings. The molecule has 0 heterocycles.